The molecule has 0 unspecified atom stereocenters. The molecule has 0 amide bonds. The van der Waals surface area contributed by atoms with E-state index in [2.05, 4.69) is 15.2 Å². The fourth-order valence-electron chi connectivity index (χ4n) is 3.25. The molecule has 0 atom stereocenters. The summed E-state index contributed by atoms with van der Waals surface area (Å²) in [4.78, 5) is 31.8. The number of piperazine rings is 1. The summed E-state index contributed by atoms with van der Waals surface area (Å²) in [5.41, 5.74) is 0.0771. The molecule has 9 heteroatoms. The second-order valence-corrected chi connectivity index (χ2v) is 6.19. The van der Waals surface area contributed by atoms with E-state index < -0.39 is 0 Å². The van der Waals surface area contributed by atoms with E-state index in [1.54, 1.807) is 13.3 Å². The van der Waals surface area contributed by atoms with Crippen molar-refractivity contribution in [3.63, 3.8) is 0 Å². The van der Waals surface area contributed by atoms with Crippen LogP contribution in [0.15, 0.2) is 32.4 Å². The average molecular weight is 344 g/mol. The van der Waals surface area contributed by atoms with Gasteiger partial charge in [0.2, 0.25) is 5.95 Å². The van der Waals surface area contributed by atoms with Crippen LogP contribution in [-0.4, -0.2) is 44.9 Å². The number of imidazole rings is 1. The lowest BCUT2D eigenvalue weighted by atomic mass is 10.4. The molecule has 0 bridgehead atoms. The van der Waals surface area contributed by atoms with Gasteiger partial charge < -0.3 is 14.6 Å². The number of anilines is 1. The Morgan fingerprint density at radius 3 is 2.64 bits per heavy atom. The fraction of sp³-hybridized carbons (Fsp3) is 0.438. The van der Waals surface area contributed by atoms with Crippen LogP contribution >= 0.6 is 0 Å². The number of hydrogen-bond donors (Lipinski definition) is 1. The normalized spacial score (nSPS) is 15.2. The highest BCUT2D eigenvalue weighted by atomic mass is 16.3. The maximum Gasteiger partial charge on any atom is 0.332 e. The number of aromatic nitrogens is 4. The van der Waals surface area contributed by atoms with E-state index >= 15 is 0 Å². The first kappa shape index (κ1) is 15.7. The molecule has 0 saturated carbocycles. The molecular formula is C16H20N6O3. The minimum absolute atomic E-state index is 0.349. The van der Waals surface area contributed by atoms with Gasteiger partial charge in [0.25, 0.3) is 5.56 Å². The first-order valence-electron chi connectivity index (χ1n) is 8.22. The van der Waals surface area contributed by atoms with Crippen LogP contribution < -0.4 is 21.5 Å². The Kier molecular flexibility index (Phi) is 3.72. The van der Waals surface area contributed by atoms with Crippen molar-refractivity contribution in [3.8, 4) is 0 Å². The van der Waals surface area contributed by atoms with Crippen LogP contribution in [0.5, 0.6) is 0 Å². The van der Waals surface area contributed by atoms with Crippen molar-refractivity contribution < 1.29 is 4.42 Å². The minimum atomic E-state index is -0.382. The smallest absolute Gasteiger partial charge is 0.332 e. The molecular weight excluding hydrogens is 324 g/mol. The minimum Gasteiger partial charge on any atom is -0.467 e. The van der Waals surface area contributed by atoms with Crippen LogP contribution in [0.25, 0.3) is 11.2 Å². The van der Waals surface area contributed by atoms with E-state index in [4.69, 9.17) is 4.42 Å². The Morgan fingerprint density at radius 1 is 1.20 bits per heavy atom. The molecule has 1 fully saturated rings. The molecule has 1 aliphatic rings. The summed E-state index contributed by atoms with van der Waals surface area (Å²) < 4.78 is 9.85. The average Bonchev–Trinajstić information content (AvgIpc) is 3.27. The number of aryl methyl sites for hydroxylation is 1. The largest absolute Gasteiger partial charge is 0.467 e. The van der Waals surface area contributed by atoms with Gasteiger partial charge in [0.05, 0.1) is 12.8 Å². The predicted molar refractivity (Wildman–Crippen MR) is 93.1 cm³/mol. The van der Waals surface area contributed by atoms with Crippen LogP contribution in [0.2, 0.25) is 0 Å². The SMILES string of the molecule is Cn1c(=O)c2c(nc(N3CCNCC3)n2Cc2ccco2)n(C)c1=O. The molecule has 0 spiro atoms. The number of furan rings is 1. The Labute approximate surface area is 143 Å². The van der Waals surface area contributed by atoms with Crippen molar-refractivity contribution in [2.75, 3.05) is 31.1 Å². The lowest BCUT2D eigenvalue weighted by Crippen LogP contribution is -2.44. The van der Waals surface area contributed by atoms with Gasteiger partial charge in [-0.15, -0.1) is 0 Å². The van der Waals surface area contributed by atoms with E-state index in [1.165, 1.54) is 11.6 Å². The first-order chi connectivity index (χ1) is 12.1. The summed E-state index contributed by atoms with van der Waals surface area (Å²) in [6, 6.07) is 3.67. The Hall–Kier alpha value is -2.81. The maximum atomic E-state index is 12.8. The molecule has 4 rings (SSSR count). The van der Waals surface area contributed by atoms with Gasteiger partial charge in [-0.2, -0.15) is 4.98 Å². The van der Waals surface area contributed by atoms with Crippen molar-refractivity contribution >= 4 is 17.1 Å². The fourth-order valence-corrected chi connectivity index (χ4v) is 3.25. The van der Waals surface area contributed by atoms with E-state index in [1.807, 2.05) is 16.7 Å². The van der Waals surface area contributed by atoms with Gasteiger partial charge in [-0.1, -0.05) is 0 Å². The molecule has 0 aromatic carbocycles. The van der Waals surface area contributed by atoms with E-state index in [0.717, 1.165) is 36.5 Å². The van der Waals surface area contributed by atoms with Crippen molar-refractivity contribution in [2.45, 2.75) is 6.54 Å². The van der Waals surface area contributed by atoms with Gasteiger partial charge in [0.15, 0.2) is 11.2 Å². The molecule has 4 heterocycles. The number of nitrogens with one attached hydrogen (secondary N) is 1. The van der Waals surface area contributed by atoms with E-state index in [0.29, 0.717) is 23.7 Å². The monoisotopic (exact) mass is 344 g/mol. The molecule has 132 valence electrons. The summed E-state index contributed by atoms with van der Waals surface area (Å²) in [7, 11) is 3.12. The van der Waals surface area contributed by atoms with Crippen molar-refractivity contribution in [3.05, 3.63) is 45.0 Å². The highest BCUT2D eigenvalue weighted by Gasteiger charge is 2.24. The molecule has 3 aromatic heterocycles. The zero-order chi connectivity index (χ0) is 17.6. The van der Waals surface area contributed by atoms with Gasteiger partial charge >= 0.3 is 5.69 Å². The zero-order valence-electron chi connectivity index (χ0n) is 14.2. The molecule has 3 aromatic rings. The topological polar surface area (TPSA) is 90.2 Å². The first-order valence-corrected chi connectivity index (χ1v) is 8.22. The molecule has 0 radical (unpaired) electrons. The third-order valence-corrected chi connectivity index (χ3v) is 4.62. The molecule has 1 aliphatic heterocycles. The Balaban J connectivity index is 1.99. The van der Waals surface area contributed by atoms with Crippen molar-refractivity contribution in [1.82, 2.24) is 24.0 Å². The summed E-state index contributed by atoms with van der Waals surface area (Å²) in [5, 5.41) is 3.31. The van der Waals surface area contributed by atoms with Gasteiger partial charge in [0.1, 0.15) is 5.76 Å². The second kappa shape index (κ2) is 5.92. The number of hydrogen-bond acceptors (Lipinski definition) is 6. The quantitative estimate of drug-likeness (QED) is 0.688. The molecule has 25 heavy (non-hydrogen) atoms. The Morgan fingerprint density at radius 2 is 1.96 bits per heavy atom. The van der Waals surface area contributed by atoms with Crippen LogP contribution in [0, 0.1) is 0 Å². The third-order valence-electron chi connectivity index (χ3n) is 4.62. The summed E-state index contributed by atoms with van der Waals surface area (Å²) in [6.07, 6.45) is 1.60. The van der Waals surface area contributed by atoms with Gasteiger partial charge in [-0.25, -0.2) is 4.79 Å². The molecule has 1 saturated heterocycles. The van der Waals surface area contributed by atoms with Crippen LogP contribution in [0.3, 0.4) is 0 Å². The van der Waals surface area contributed by atoms with Gasteiger partial charge in [-0.05, 0) is 12.1 Å². The lowest BCUT2D eigenvalue weighted by Gasteiger charge is -2.28. The summed E-state index contributed by atoms with van der Waals surface area (Å²) in [5.74, 6) is 1.41. The Bertz CT molecular complexity index is 1020. The number of nitrogens with zero attached hydrogens (tertiary/aromatic N) is 5. The van der Waals surface area contributed by atoms with Crippen LogP contribution in [0.1, 0.15) is 5.76 Å². The highest BCUT2D eigenvalue weighted by Crippen LogP contribution is 2.21. The highest BCUT2D eigenvalue weighted by molar-refractivity contribution is 5.74. The van der Waals surface area contributed by atoms with Crippen LogP contribution in [0.4, 0.5) is 5.95 Å². The number of fused-ring (bicyclic) bond motifs is 1. The van der Waals surface area contributed by atoms with Crippen molar-refractivity contribution in [1.29, 1.82) is 0 Å². The second-order valence-electron chi connectivity index (χ2n) is 6.19. The van der Waals surface area contributed by atoms with E-state index in [-0.39, 0.29) is 11.2 Å². The standard InChI is InChI=1S/C16H20N6O3/c1-19-13-12(14(23)20(2)16(19)24)22(10-11-4-3-9-25-11)15(18-13)21-7-5-17-6-8-21/h3-4,9,17H,5-8,10H2,1-2H3. The van der Waals surface area contributed by atoms with E-state index in [9.17, 15) is 9.59 Å². The summed E-state index contributed by atoms with van der Waals surface area (Å²) >= 11 is 0. The lowest BCUT2D eigenvalue weighted by molar-refractivity contribution is 0.492. The molecule has 1 N–H and O–H groups in total. The van der Waals surface area contributed by atoms with Crippen LogP contribution in [-0.2, 0) is 20.6 Å². The zero-order valence-corrected chi connectivity index (χ0v) is 14.2. The third kappa shape index (κ3) is 2.47. The number of rotatable bonds is 3. The summed E-state index contributed by atoms with van der Waals surface area (Å²) in [6.45, 7) is 3.66. The maximum absolute atomic E-state index is 12.8. The van der Waals surface area contributed by atoms with Gasteiger partial charge in [0, 0.05) is 40.3 Å². The molecule has 0 aliphatic carbocycles. The molecule has 9 nitrogen and oxygen atoms in total. The van der Waals surface area contributed by atoms with Crippen molar-refractivity contribution in [2.24, 2.45) is 14.1 Å². The van der Waals surface area contributed by atoms with Gasteiger partial charge in [-0.3, -0.25) is 18.5 Å². The predicted octanol–water partition coefficient (Wildman–Crippen LogP) is -0.515.